The number of nitrogens with zero attached hydrogens (tertiary/aromatic N) is 1. The van der Waals surface area contributed by atoms with Crippen molar-refractivity contribution in [1.29, 1.82) is 0 Å². The van der Waals surface area contributed by atoms with Crippen LogP contribution in [0.2, 0.25) is 5.02 Å². The van der Waals surface area contributed by atoms with Gasteiger partial charge in [-0.1, -0.05) is 25.4 Å². The smallest absolute Gasteiger partial charge is 0.337 e. The number of halogens is 2. The van der Waals surface area contributed by atoms with Gasteiger partial charge < -0.3 is 10.5 Å². The van der Waals surface area contributed by atoms with Gasteiger partial charge in [0, 0.05) is 19.1 Å². The lowest BCUT2D eigenvalue weighted by molar-refractivity contribution is 0.0600. The fourth-order valence-corrected chi connectivity index (χ4v) is 4.77. The van der Waals surface area contributed by atoms with Gasteiger partial charge in [0.1, 0.15) is 4.90 Å². The van der Waals surface area contributed by atoms with Crippen LogP contribution in [0.15, 0.2) is 23.1 Å². The first-order chi connectivity index (χ1) is 10.6. The second-order valence-corrected chi connectivity index (χ2v) is 8.67. The Labute approximate surface area is 153 Å². The van der Waals surface area contributed by atoms with Crippen molar-refractivity contribution < 1.29 is 17.9 Å². The number of hydrogen-bond acceptors (Lipinski definition) is 5. The molecule has 1 aliphatic rings. The van der Waals surface area contributed by atoms with Gasteiger partial charge in [-0.25, -0.2) is 13.2 Å². The zero-order chi connectivity index (χ0) is 17.4. The Hall–Kier alpha value is -0.860. The molecule has 1 heterocycles. The van der Waals surface area contributed by atoms with Gasteiger partial charge in [0.05, 0.1) is 17.7 Å². The zero-order valence-electron chi connectivity index (χ0n) is 13.8. The topological polar surface area (TPSA) is 89.7 Å². The summed E-state index contributed by atoms with van der Waals surface area (Å²) in [5, 5.41) is 0.000535. The van der Waals surface area contributed by atoms with E-state index in [2.05, 4.69) is 4.74 Å². The minimum absolute atomic E-state index is 0. The minimum atomic E-state index is -3.74. The highest BCUT2D eigenvalue weighted by Crippen LogP contribution is 2.33. The number of hydrogen-bond donors (Lipinski definition) is 1. The molecule has 1 aliphatic heterocycles. The number of ether oxygens (including phenoxy) is 1. The standard InChI is InChI=1S/C15H21ClN2O4S.ClH/c1-15(2)9-18(7-6-13(15)17)23(20,21)12-5-4-10(8-11(12)16)14(19)22-3;/h4-5,8,13H,6-7,9,17H2,1-3H3;1H. The van der Waals surface area contributed by atoms with E-state index in [1.165, 1.54) is 29.6 Å². The molecular formula is C15H22Cl2N2O4S. The highest BCUT2D eigenvalue weighted by Gasteiger charge is 2.39. The van der Waals surface area contributed by atoms with E-state index in [0.29, 0.717) is 19.5 Å². The van der Waals surface area contributed by atoms with E-state index >= 15 is 0 Å². The van der Waals surface area contributed by atoms with Crippen LogP contribution in [0.4, 0.5) is 0 Å². The molecule has 1 aromatic carbocycles. The molecule has 2 rings (SSSR count). The summed E-state index contributed by atoms with van der Waals surface area (Å²) in [6.45, 7) is 4.57. The van der Waals surface area contributed by atoms with Crippen molar-refractivity contribution in [2.75, 3.05) is 20.2 Å². The number of methoxy groups -OCH3 is 1. The van der Waals surface area contributed by atoms with Crippen LogP contribution in [0.3, 0.4) is 0 Å². The number of sulfonamides is 1. The number of benzene rings is 1. The maximum Gasteiger partial charge on any atom is 0.337 e. The fourth-order valence-electron chi connectivity index (χ4n) is 2.62. The largest absolute Gasteiger partial charge is 0.465 e. The van der Waals surface area contributed by atoms with Crippen LogP contribution < -0.4 is 5.73 Å². The van der Waals surface area contributed by atoms with Crippen LogP contribution >= 0.6 is 24.0 Å². The Morgan fingerprint density at radius 1 is 1.42 bits per heavy atom. The molecule has 9 heteroatoms. The number of carbonyl (C=O) groups excluding carboxylic acids is 1. The molecule has 0 saturated carbocycles. The third kappa shape index (κ3) is 4.03. The van der Waals surface area contributed by atoms with Crippen molar-refractivity contribution in [1.82, 2.24) is 4.31 Å². The van der Waals surface area contributed by atoms with E-state index in [-0.39, 0.29) is 39.3 Å². The molecule has 6 nitrogen and oxygen atoms in total. The van der Waals surface area contributed by atoms with Crippen LogP contribution in [-0.2, 0) is 14.8 Å². The Balaban J connectivity index is 0.00000288. The maximum absolute atomic E-state index is 12.8. The van der Waals surface area contributed by atoms with Crippen molar-refractivity contribution in [3.63, 3.8) is 0 Å². The van der Waals surface area contributed by atoms with Crippen LogP contribution in [-0.4, -0.2) is 44.9 Å². The number of rotatable bonds is 3. The van der Waals surface area contributed by atoms with Gasteiger partial charge in [0.15, 0.2) is 0 Å². The van der Waals surface area contributed by atoms with Crippen molar-refractivity contribution in [3.8, 4) is 0 Å². The van der Waals surface area contributed by atoms with Crippen molar-refractivity contribution in [2.45, 2.75) is 31.2 Å². The van der Waals surface area contributed by atoms with Gasteiger partial charge in [0.25, 0.3) is 0 Å². The van der Waals surface area contributed by atoms with E-state index in [1.807, 2.05) is 13.8 Å². The van der Waals surface area contributed by atoms with E-state index < -0.39 is 16.0 Å². The lowest BCUT2D eigenvalue weighted by Gasteiger charge is -2.41. The van der Waals surface area contributed by atoms with E-state index in [1.54, 1.807) is 0 Å². The summed E-state index contributed by atoms with van der Waals surface area (Å²) in [6, 6.07) is 3.99. The molecule has 1 saturated heterocycles. The lowest BCUT2D eigenvalue weighted by atomic mass is 9.81. The number of nitrogens with two attached hydrogens (primary N) is 1. The molecule has 0 radical (unpaired) electrons. The molecule has 2 N–H and O–H groups in total. The molecule has 0 bridgehead atoms. The number of carbonyl (C=O) groups is 1. The second kappa shape index (κ2) is 7.58. The Morgan fingerprint density at radius 3 is 2.54 bits per heavy atom. The predicted molar refractivity (Wildman–Crippen MR) is 95.2 cm³/mol. The Kier molecular flexibility index (Phi) is 6.69. The zero-order valence-corrected chi connectivity index (χ0v) is 16.2. The maximum atomic E-state index is 12.8. The van der Waals surface area contributed by atoms with Gasteiger partial charge in [-0.15, -0.1) is 12.4 Å². The summed E-state index contributed by atoms with van der Waals surface area (Å²) in [5.74, 6) is -0.569. The Morgan fingerprint density at radius 2 is 2.04 bits per heavy atom. The summed E-state index contributed by atoms with van der Waals surface area (Å²) in [6.07, 6.45) is 0.587. The molecule has 1 fully saturated rings. The van der Waals surface area contributed by atoms with Crippen molar-refractivity contribution >= 4 is 40.0 Å². The monoisotopic (exact) mass is 396 g/mol. The van der Waals surface area contributed by atoms with Gasteiger partial charge >= 0.3 is 5.97 Å². The van der Waals surface area contributed by atoms with Crippen LogP contribution in [0.1, 0.15) is 30.6 Å². The lowest BCUT2D eigenvalue weighted by Crippen LogP contribution is -2.53. The van der Waals surface area contributed by atoms with E-state index in [0.717, 1.165) is 0 Å². The minimum Gasteiger partial charge on any atom is -0.465 e. The predicted octanol–water partition coefficient (Wildman–Crippen LogP) is 2.30. The SMILES string of the molecule is COC(=O)c1ccc(S(=O)(=O)N2CCC(N)C(C)(C)C2)c(Cl)c1.Cl. The molecule has 0 spiro atoms. The van der Waals surface area contributed by atoms with E-state index in [4.69, 9.17) is 17.3 Å². The van der Waals surface area contributed by atoms with Crippen LogP contribution in [0.25, 0.3) is 0 Å². The molecule has 136 valence electrons. The highest BCUT2D eigenvalue weighted by molar-refractivity contribution is 7.89. The average molecular weight is 397 g/mol. The molecule has 0 aromatic heterocycles. The van der Waals surface area contributed by atoms with Gasteiger partial charge in [0.2, 0.25) is 10.0 Å². The molecule has 1 unspecified atom stereocenters. The van der Waals surface area contributed by atoms with Crippen molar-refractivity contribution in [3.05, 3.63) is 28.8 Å². The molecule has 0 aliphatic carbocycles. The van der Waals surface area contributed by atoms with Crippen LogP contribution in [0, 0.1) is 5.41 Å². The molecular weight excluding hydrogens is 375 g/mol. The van der Waals surface area contributed by atoms with Crippen LogP contribution in [0.5, 0.6) is 0 Å². The molecule has 0 amide bonds. The summed E-state index contributed by atoms with van der Waals surface area (Å²) in [5.41, 5.74) is 5.95. The summed E-state index contributed by atoms with van der Waals surface area (Å²) in [7, 11) is -2.49. The third-order valence-corrected chi connectivity index (χ3v) is 6.58. The van der Waals surface area contributed by atoms with E-state index in [9.17, 15) is 13.2 Å². The molecule has 24 heavy (non-hydrogen) atoms. The first-order valence-corrected chi connectivity index (χ1v) is 9.05. The summed E-state index contributed by atoms with van der Waals surface area (Å²) < 4.78 is 31.7. The van der Waals surface area contributed by atoms with Gasteiger partial charge in [-0.3, -0.25) is 0 Å². The number of piperidine rings is 1. The first kappa shape index (κ1) is 21.2. The molecule has 1 atom stereocenters. The van der Waals surface area contributed by atoms with Crippen molar-refractivity contribution in [2.24, 2.45) is 11.1 Å². The quantitative estimate of drug-likeness (QED) is 0.791. The summed E-state index contributed by atoms with van der Waals surface area (Å²) >= 11 is 6.10. The third-order valence-electron chi connectivity index (χ3n) is 4.25. The first-order valence-electron chi connectivity index (χ1n) is 7.23. The Bertz CT molecular complexity index is 722. The fraction of sp³-hybridized carbons (Fsp3) is 0.533. The second-order valence-electron chi connectivity index (χ2n) is 6.36. The highest BCUT2D eigenvalue weighted by atomic mass is 35.5. The normalized spacial score (nSPS) is 21.0. The molecule has 1 aromatic rings. The summed E-state index contributed by atoms with van der Waals surface area (Å²) in [4.78, 5) is 11.5. The average Bonchev–Trinajstić information content (AvgIpc) is 2.48. The number of esters is 1. The van der Waals surface area contributed by atoms with Gasteiger partial charge in [-0.2, -0.15) is 4.31 Å². The van der Waals surface area contributed by atoms with Gasteiger partial charge in [-0.05, 0) is 30.0 Å².